The van der Waals surface area contributed by atoms with Crippen molar-refractivity contribution in [2.75, 3.05) is 12.0 Å². The number of benzene rings is 1. The molecule has 44 heavy (non-hydrogen) atoms. The number of H-pyrrole nitrogens is 1. The highest BCUT2D eigenvalue weighted by molar-refractivity contribution is 5.86. The summed E-state index contributed by atoms with van der Waals surface area (Å²) in [5.74, 6) is 2.25. The Morgan fingerprint density at radius 3 is 2.43 bits per heavy atom. The third-order valence-electron chi connectivity index (χ3n) is 8.42. The van der Waals surface area contributed by atoms with Crippen LogP contribution in [0.15, 0.2) is 43.1 Å². The van der Waals surface area contributed by atoms with Crippen LogP contribution in [-0.2, 0) is 12.7 Å². The first-order valence-corrected chi connectivity index (χ1v) is 14.8. The number of aromatic nitrogens is 8. The van der Waals surface area contributed by atoms with Crippen LogP contribution in [0.1, 0.15) is 74.9 Å². The summed E-state index contributed by atoms with van der Waals surface area (Å²) in [5, 5.41) is 0. The number of alkyl halides is 3. The zero-order valence-corrected chi connectivity index (χ0v) is 24.6. The summed E-state index contributed by atoms with van der Waals surface area (Å²) in [6.07, 6.45) is 4.95. The Balaban J connectivity index is 1.26. The van der Waals surface area contributed by atoms with Crippen molar-refractivity contribution in [3.63, 3.8) is 0 Å². The van der Waals surface area contributed by atoms with Crippen LogP contribution >= 0.6 is 0 Å². The SMILES string of the molecule is COc1ncnc(C2CC2)c1-c1nc(N(Cc2ccc(-c3nc(C(F)(F)F)cn3C(C)C)cc2)C2CCC2)c2[nH]cnc2n1. The van der Waals surface area contributed by atoms with Gasteiger partial charge in [0.05, 0.1) is 19.1 Å². The fourth-order valence-electron chi connectivity index (χ4n) is 5.72. The molecule has 0 radical (unpaired) electrons. The van der Waals surface area contributed by atoms with Crippen molar-refractivity contribution >= 4 is 17.0 Å². The second-order valence-corrected chi connectivity index (χ2v) is 11.7. The number of imidazole rings is 2. The van der Waals surface area contributed by atoms with Crippen LogP contribution in [0.2, 0.25) is 0 Å². The first-order valence-electron chi connectivity index (χ1n) is 14.8. The lowest BCUT2D eigenvalue weighted by Crippen LogP contribution is -2.40. The Kier molecular flexibility index (Phi) is 6.97. The van der Waals surface area contributed by atoms with E-state index in [0.29, 0.717) is 46.8 Å². The van der Waals surface area contributed by atoms with Gasteiger partial charge in [-0.25, -0.2) is 29.9 Å². The van der Waals surface area contributed by atoms with Crippen LogP contribution in [0.25, 0.3) is 33.9 Å². The van der Waals surface area contributed by atoms with E-state index >= 15 is 0 Å². The molecule has 2 saturated carbocycles. The largest absolute Gasteiger partial charge is 0.480 e. The second kappa shape index (κ2) is 10.9. The molecule has 0 bridgehead atoms. The summed E-state index contributed by atoms with van der Waals surface area (Å²) in [7, 11) is 1.58. The van der Waals surface area contributed by atoms with Crippen LogP contribution in [0.3, 0.4) is 0 Å². The maximum Gasteiger partial charge on any atom is 0.434 e. The number of fused-ring (bicyclic) bond motifs is 1. The Bertz CT molecular complexity index is 1800. The van der Waals surface area contributed by atoms with Crippen molar-refractivity contribution in [1.29, 1.82) is 0 Å². The number of aromatic amines is 1. The topological polar surface area (TPSA) is 111 Å². The van der Waals surface area contributed by atoms with E-state index in [4.69, 9.17) is 14.7 Å². The molecular weight excluding hydrogens is 571 g/mol. The smallest absolute Gasteiger partial charge is 0.434 e. The summed E-state index contributed by atoms with van der Waals surface area (Å²) >= 11 is 0. The van der Waals surface area contributed by atoms with Crippen LogP contribution in [0.5, 0.6) is 5.88 Å². The number of hydrogen-bond donors (Lipinski definition) is 1. The van der Waals surface area contributed by atoms with Crippen molar-refractivity contribution in [2.45, 2.75) is 76.7 Å². The van der Waals surface area contributed by atoms with Gasteiger partial charge in [0.2, 0.25) is 5.88 Å². The lowest BCUT2D eigenvalue weighted by molar-refractivity contribution is -0.140. The Morgan fingerprint density at radius 2 is 1.80 bits per heavy atom. The molecule has 13 heteroatoms. The van der Waals surface area contributed by atoms with E-state index in [1.165, 1.54) is 6.33 Å². The van der Waals surface area contributed by atoms with Gasteiger partial charge in [-0.15, -0.1) is 0 Å². The first kappa shape index (κ1) is 28.2. The summed E-state index contributed by atoms with van der Waals surface area (Å²) in [5.41, 5.74) is 3.58. The van der Waals surface area contributed by atoms with Crippen molar-refractivity contribution in [1.82, 2.24) is 39.5 Å². The molecule has 4 heterocycles. The van der Waals surface area contributed by atoms with Gasteiger partial charge >= 0.3 is 6.18 Å². The zero-order valence-electron chi connectivity index (χ0n) is 24.6. The van der Waals surface area contributed by atoms with Gasteiger partial charge < -0.3 is 19.2 Å². The third-order valence-corrected chi connectivity index (χ3v) is 8.42. The molecule has 2 aliphatic carbocycles. The van der Waals surface area contributed by atoms with Gasteiger partial charge in [-0.05, 0) is 51.5 Å². The van der Waals surface area contributed by atoms with Crippen molar-refractivity contribution in [3.05, 3.63) is 60.1 Å². The Hall–Kier alpha value is -4.55. The van der Waals surface area contributed by atoms with Gasteiger partial charge in [0.25, 0.3) is 0 Å². The van der Waals surface area contributed by atoms with Gasteiger partial charge in [0.15, 0.2) is 23.0 Å². The predicted molar refractivity (Wildman–Crippen MR) is 158 cm³/mol. The number of ether oxygens (including phenoxy) is 1. The summed E-state index contributed by atoms with van der Waals surface area (Å²) in [6.45, 7) is 4.22. The minimum Gasteiger partial charge on any atom is -0.480 e. The molecule has 10 nitrogen and oxygen atoms in total. The number of halogens is 3. The molecule has 5 aromatic rings. The summed E-state index contributed by atoms with van der Waals surface area (Å²) < 4.78 is 47.6. The molecule has 0 spiro atoms. The van der Waals surface area contributed by atoms with Crippen LogP contribution in [0, 0.1) is 0 Å². The van der Waals surface area contributed by atoms with Gasteiger partial charge in [-0.2, -0.15) is 13.2 Å². The molecule has 0 atom stereocenters. The number of methoxy groups -OCH3 is 1. The van der Waals surface area contributed by atoms with Crippen LogP contribution in [0.4, 0.5) is 19.0 Å². The number of nitrogens with zero attached hydrogens (tertiary/aromatic N) is 8. The third kappa shape index (κ3) is 5.13. The molecule has 1 N–H and O–H groups in total. The molecule has 2 fully saturated rings. The van der Waals surface area contributed by atoms with E-state index in [1.807, 2.05) is 38.1 Å². The average Bonchev–Trinajstić information content (AvgIpc) is 3.52. The molecule has 0 unspecified atom stereocenters. The highest BCUT2D eigenvalue weighted by Crippen LogP contribution is 2.45. The summed E-state index contributed by atoms with van der Waals surface area (Å²) in [6, 6.07) is 7.63. The quantitative estimate of drug-likeness (QED) is 0.198. The Labute approximate surface area is 251 Å². The van der Waals surface area contributed by atoms with Crippen LogP contribution in [-0.4, -0.2) is 52.6 Å². The Morgan fingerprint density at radius 1 is 1.02 bits per heavy atom. The lowest BCUT2D eigenvalue weighted by atomic mass is 9.91. The van der Waals surface area contributed by atoms with Gasteiger partial charge in [-0.1, -0.05) is 24.3 Å². The normalized spacial score (nSPS) is 15.6. The molecule has 0 aliphatic heterocycles. The molecule has 228 valence electrons. The highest BCUT2D eigenvalue weighted by Gasteiger charge is 2.36. The van der Waals surface area contributed by atoms with Crippen molar-refractivity contribution < 1.29 is 17.9 Å². The molecule has 2 aliphatic rings. The lowest BCUT2D eigenvalue weighted by Gasteiger charge is -2.38. The predicted octanol–water partition coefficient (Wildman–Crippen LogP) is 6.72. The summed E-state index contributed by atoms with van der Waals surface area (Å²) in [4.78, 5) is 32.8. The fourth-order valence-corrected chi connectivity index (χ4v) is 5.72. The average molecular weight is 604 g/mol. The van der Waals surface area contributed by atoms with Crippen molar-refractivity contribution in [3.8, 4) is 28.7 Å². The van der Waals surface area contributed by atoms with E-state index in [-0.39, 0.29) is 12.1 Å². The van der Waals surface area contributed by atoms with E-state index in [0.717, 1.165) is 60.9 Å². The standard InChI is InChI=1S/C31H32F3N9O/c1-17(2)42-14-22(31(32,33)34)39-28(42)20-9-7-18(8-10-20)13-43(21-5-4-6-21)29-25-27(37-15-36-25)40-26(41-29)23-24(19-11-12-19)35-16-38-30(23)44-3/h7-10,14-17,19,21H,4-6,11-13H2,1-3H3,(H,36,37,40,41). The fraction of sp³-hybridized carbons (Fsp3) is 0.419. The van der Waals surface area contributed by atoms with Gasteiger partial charge in [0, 0.05) is 36.3 Å². The van der Waals surface area contributed by atoms with E-state index in [2.05, 4.69) is 29.8 Å². The van der Waals surface area contributed by atoms with Gasteiger partial charge in [0.1, 0.15) is 23.2 Å². The first-order chi connectivity index (χ1) is 21.2. The number of rotatable bonds is 9. The minimum absolute atomic E-state index is 0.180. The molecular formula is C31H32F3N9O. The maximum absolute atomic E-state index is 13.5. The van der Waals surface area contributed by atoms with Crippen molar-refractivity contribution in [2.24, 2.45) is 0 Å². The number of nitrogens with one attached hydrogen (secondary N) is 1. The molecule has 1 aromatic carbocycles. The van der Waals surface area contributed by atoms with E-state index in [9.17, 15) is 13.2 Å². The second-order valence-electron chi connectivity index (χ2n) is 11.7. The van der Waals surface area contributed by atoms with Crippen LogP contribution < -0.4 is 9.64 Å². The minimum atomic E-state index is -4.51. The van der Waals surface area contributed by atoms with E-state index < -0.39 is 11.9 Å². The maximum atomic E-state index is 13.5. The monoisotopic (exact) mass is 603 g/mol. The number of anilines is 1. The molecule has 0 saturated heterocycles. The molecule has 7 rings (SSSR count). The van der Waals surface area contributed by atoms with Gasteiger partial charge in [-0.3, -0.25) is 0 Å². The highest BCUT2D eigenvalue weighted by atomic mass is 19.4. The van der Waals surface area contributed by atoms with E-state index in [1.54, 1.807) is 18.0 Å². The molecule has 0 amide bonds. The molecule has 4 aromatic heterocycles. The number of hydrogen-bond acceptors (Lipinski definition) is 8. The zero-order chi connectivity index (χ0) is 30.6.